The highest BCUT2D eigenvalue weighted by Crippen LogP contribution is 2.33. The van der Waals surface area contributed by atoms with Gasteiger partial charge in [-0.05, 0) is 50.7 Å². The maximum atomic E-state index is 13.3. The van der Waals surface area contributed by atoms with Crippen LogP contribution in [0, 0.1) is 11.7 Å². The molecule has 0 spiro atoms. The molecular weight excluding hydrogens is 333 g/mol. The highest BCUT2D eigenvalue weighted by molar-refractivity contribution is 5.80. The number of likely N-dealkylation sites (tertiary alicyclic amines) is 1. The average molecular weight is 359 g/mol. The normalized spacial score (nSPS) is 20.6. The number of piperidine rings is 1. The van der Waals surface area contributed by atoms with Crippen LogP contribution in [0.5, 0.6) is 0 Å². The predicted octanol–water partition coefficient (Wildman–Crippen LogP) is 4.43. The Kier molecular flexibility index (Phi) is 4.83. The molecule has 4 rings (SSSR count). The highest BCUT2D eigenvalue weighted by atomic mass is 19.1. The lowest BCUT2D eigenvalue weighted by Crippen LogP contribution is -2.48. The molecule has 1 saturated carbocycles. The van der Waals surface area contributed by atoms with E-state index in [0.29, 0.717) is 24.6 Å². The molecule has 0 radical (unpaired) electrons. The van der Waals surface area contributed by atoms with Crippen LogP contribution in [-0.2, 0) is 0 Å². The molecule has 1 N–H and O–H groups in total. The zero-order chi connectivity index (χ0) is 18.1. The number of aromatic nitrogens is 1. The third-order valence-corrected chi connectivity index (χ3v) is 6.09. The molecule has 1 aromatic carbocycles. The summed E-state index contributed by atoms with van der Waals surface area (Å²) in [7, 11) is 0. The number of carbonyl (C=O) groups excluding carboxylic acids is 1. The SMILES string of the molecule is C[C@H](NC(=O)N1CCC(c2noc3cc(F)ccc23)CC1)C1CCCC1. The van der Waals surface area contributed by atoms with Crippen LogP contribution in [-0.4, -0.2) is 35.2 Å². The van der Waals surface area contributed by atoms with Gasteiger partial charge in [-0.15, -0.1) is 0 Å². The fraction of sp³-hybridized carbons (Fsp3) is 0.600. The smallest absolute Gasteiger partial charge is 0.317 e. The van der Waals surface area contributed by atoms with E-state index in [4.69, 9.17) is 4.52 Å². The Morgan fingerprint density at radius 3 is 2.73 bits per heavy atom. The van der Waals surface area contributed by atoms with E-state index in [0.717, 1.165) is 23.9 Å². The molecule has 2 aromatic rings. The first-order chi connectivity index (χ1) is 12.6. The van der Waals surface area contributed by atoms with Crippen molar-refractivity contribution in [2.75, 3.05) is 13.1 Å². The van der Waals surface area contributed by atoms with Gasteiger partial charge < -0.3 is 14.7 Å². The zero-order valence-electron chi connectivity index (χ0n) is 15.2. The van der Waals surface area contributed by atoms with Gasteiger partial charge in [-0.3, -0.25) is 0 Å². The Labute approximate surface area is 152 Å². The average Bonchev–Trinajstić information content (AvgIpc) is 3.31. The standard InChI is InChI=1S/C20H26FN3O2/c1-13(14-4-2-3-5-14)22-20(25)24-10-8-15(9-11-24)19-17-7-6-16(21)12-18(17)26-23-19/h6-7,12-15H,2-5,8-11H2,1H3,(H,22,25)/t13-/m0/s1. The summed E-state index contributed by atoms with van der Waals surface area (Å²) in [6.07, 6.45) is 6.72. The van der Waals surface area contributed by atoms with Gasteiger partial charge in [-0.25, -0.2) is 9.18 Å². The largest absolute Gasteiger partial charge is 0.356 e. The first-order valence-electron chi connectivity index (χ1n) is 9.72. The van der Waals surface area contributed by atoms with Gasteiger partial charge in [0.1, 0.15) is 5.82 Å². The van der Waals surface area contributed by atoms with E-state index in [-0.39, 0.29) is 23.8 Å². The van der Waals surface area contributed by atoms with E-state index in [2.05, 4.69) is 17.4 Å². The number of halogens is 1. The topological polar surface area (TPSA) is 58.4 Å². The van der Waals surface area contributed by atoms with E-state index < -0.39 is 0 Å². The molecule has 1 aliphatic heterocycles. The van der Waals surface area contributed by atoms with Crippen LogP contribution in [0.25, 0.3) is 11.0 Å². The summed E-state index contributed by atoms with van der Waals surface area (Å²) in [5.74, 6) is 0.555. The van der Waals surface area contributed by atoms with Crippen LogP contribution < -0.4 is 5.32 Å². The summed E-state index contributed by atoms with van der Waals surface area (Å²) in [5.41, 5.74) is 1.38. The Balaban J connectivity index is 1.35. The molecule has 1 aliphatic carbocycles. The van der Waals surface area contributed by atoms with E-state index in [1.807, 2.05) is 4.90 Å². The van der Waals surface area contributed by atoms with Gasteiger partial charge in [0, 0.05) is 36.5 Å². The maximum absolute atomic E-state index is 13.3. The number of urea groups is 1. The maximum Gasteiger partial charge on any atom is 0.317 e. The first kappa shape index (κ1) is 17.3. The summed E-state index contributed by atoms with van der Waals surface area (Å²) < 4.78 is 18.6. The van der Waals surface area contributed by atoms with Gasteiger partial charge >= 0.3 is 6.03 Å². The van der Waals surface area contributed by atoms with Crippen molar-refractivity contribution in [3.8, 4) is 0 Å². The van der Waals surface area contributed by atoms with Gasteiger partial charge in [0.25, 0.3) is 0 Å². The molecule has 2 amide bonds. The van der Waals surface area contributed by atoms with E-state index in [1.54, 1.807) is 6.07 Å². The summed E-state index contributed by atoms with van der Waals surface area (Å²) >= 11 is 0. The Morgan fingerprint density at radius 1 is 1.27 bits per heavy atom. The summed E-state index contributed by atoms with van der Waals surface area (Å²) in [4.78, 5) is 14.5. The molecule has 2 fully saturated rings. The van der Waals surface area contributed by atoms with Crippen molar-refractivity contribution in [2.45, 2.75) is 57.4 Å². The number of carbonyl (C=O) groups is 1. The molecule has 5 nitrogen and oxygen atoms in total. The van der Waals surface area contributed by atoms with Crippen LogP contribution in [0.2, 0.25) is 0 Å². The minimum Gasteiger partial charge on any atom is -0.356 e. The molecule has 1 saturated heterocycles. The summed E-state index contributed by atoms with van der Waals surface area (Å²) in [5, 5.41) is 8.24. The molecule has 2 aliphatic rings. The molecular formula is C20H26FN3O2. The van der Waals surface area contributed by atoms with Gasteiger partial charge in [0.2, 0.25) is 0 Å². The molecule has 2 heterocycles. The quantitative estimate of drug-likeness (QED) is 0.882. The molecule has 0 unspecified atom stereocenters. The van der Waals surface area contributed by atoms with Crippen LogP contribution in [0.3, 0.4) is 0 Å². The van der Waals surface area contributed by atoms with E-state index >= 15 is 0 Å². The number of nitrogens with one attached hydrogen (secondary N) is 1. The lowest BCUT2D eigenvalue weighted by molar-refractivity contribution is 0.173. The van der Waals surface area contributed by atoms with E-state index in [1.165, 1.54) is 37.8 Å². The van der Waals surface area contributed by atoms with Crippen LogP contribution in [0.15, 0.2) is 22.7 Å². The Hall–Kier alpha value is -2.11. The second-order valence-corrected chi connectivity index (χ2v) is 7.75. The molecule has 26 heavy (non-hydrogen) atoms. The monoisotopic (exact) mass is 359 g/mol. The number of benzene rings is 1. The second-order valence-electron chi connectivity index (χ2n) is 7.75. The fourth-order valence-corrected chi connectivity index (χ4v) is 4.44. The van der Waals surface area contributed by atoms with Crippen molar-refractivity contribution < 1.29 is 13.7 Å². The third kappa shape index (κ3) is 3.41. The van der Waals surface area contributed by atoms with Gasteiger partial charge in [-0.2, -0.15) is 0 Å². The van der Waals surface area contributed by atoms with Crippen molar-refractivity contribution in [1.29, 1.82) is 0 Å². The minimum atomic E-state index is -0.317. The number of hydrogen-bond acceptors (Lipinski definition) is 3. The lowest BCUT2D eigenvalue weighted by Gasteiger charge is -2.33. The third-order valence-electron chi connectivity index (χ3n) is 6.09. The minimum absolute atomic E-state index is 0.0509. The fourth-order valence-electron chi connectivity index (χ4n) is 4.44. The van der Waals surface area contributed by atoms with Crippen LogP contribution >= 0.6 is 0 Å². The summed E-state index contributed by atoms with van der Waals surface area (Å²) in [6.45, 7) is 3.55. The van der Waals surface area contributed by atoms with Crippen LogP contribution in [0.1, 0.15) is 57.1 Å². The molecule has 1 aromatic heterocycles. The van der Waals surface area contributed by atoms with Gasteiger partial charge in [0.15, 0.2) is 5.58 Å². The van der Waals surface area contributed by atoms with Crippen molar-refractivity contribution >= 4 is 17.0 Å². The van der Waals surface area contributed by atoms with Crippen molar-refractivity contribution in [2.24, 2.45) is 5.92 Å². The van der Waals surface area contributed by atoms with Crippen LogP contribution in [0.4, 0.5) is 9.18 Å². The zero-order valence-corrected chi connectivity index (χ0v) is 15.2. The number of rotatable bonds is 3. The van der Waals surface area contributed by atoms with Crippen molar-refractivity contribution in [3.05, 3.63) is 29.7 Å². The highest BCUT2D eigenvalue weighted by Gasteiger charge is 2.29. The Bertz CT molecular complexity index is 776. The predicted molar refractivity (Wildman–Crippen MR) is 97.5 cm³/mol. The van der Waals surface area contributed by atoms with Crippen molar-refractivity contribution in [1.82, 2.24) is 15.4 Å². The molecule has 140 valence electrons. The van der Waals surface area contributed by atoms with Gasteiger partial charge in [0.05, 0.1) is 5.69 Å². The number of nitrogens with zero attached hydrogens (tertiary/aromatic N) is 2. The molecule has 1 atom stereocenters. The number of fused-ring (bicyclic) bond motifs is 1. The van der Waals surface area contributed by atoms with E-state index in [9.17, 15) is 9.18 Å². The second kappa shape index (κ2) is 7.25. The number of amides is 2. The Morgan fingerprint density at radius 2 is 2.00 bits per heavy atom. The molecule has 6 heteroatoms. The summed E-state index contributed by atoms with van der Waals surface area (Å²) in [6, 6.07) is 4.85. The first-order valence-corrected chi connectivity index (χ1v) is 9.72. The molecule has 0 bridgehead atoms. The lowest BCUT2D eigenvalue weighted by atomic mass is 9.91. The van der Waals surface area contributed by atoms with Gasteiger partial charge in [-0.1, -0.05) is 18.0 Å². The number of hydrogen-bond donors (Lipinski definition) is 1. The van der Waals surface area contributed by atoms with Crippen molar-refractivity contribution in [3.63, 3.8) is 0 Å².